The number of nitrogens with zero attached hydrogens (tertiary/aromatic N) is 3. The molecular formula is C19H24ClN5O. The number of anilines is 1. The average Bonchev–Trinajstić information content (AvgIpc) is 3.18. The number of rotatable bonds is 7. The molecule has 1 atom stereocenters. The molecule has 1 amide bonds. The Hall–Kier alpha value is -2.18. The van der Waals surface area contributed by atoms with Crippen molar-refractivity contribution in [2.75, 3.05) is 31.5 Å². The smallest absolute Gasteiger partial charge is 0.254 e. The summed E-state index contributed by atoms with van der Waals surface area (Å²) in [5.74, 6) is 0.367. The minimum absolute atomic E-state index is 0.140. The zero-order chi connectivity index (χ0) is 18.4. The molecule has 0 saturated carbocycles. The van der Waals surface area contributed by atoms with Crippen LogP contribution in [-0.2, 0) is 0 Å². The summed E-state index contributed by atoms with van der Waals surface area (Å²) >= 11 is 6.02. The molecule has 1 aromatic heterocycles. The van der Waals surface area contributed by atoms with Crippen molar-refractivity contribution >= 4 is 23.5 Å². The van der Waals surface area contributed by atoms with Gasteiger partial charge in [0.2, 0.25) is 5.95 Å². The van der Waals surface area contributed by atoms with Gasteiger partial charge in [0.25, 0.3) is 5.91 Å². The lowest BCUT2D eigenvalue weighted by molar-refractivity contribution is 0.0937. The van der Waals surface area contributed by atoms with E-state index >= 15 is 0 Å². The predicted molar refractivity (Wildman–Crippen MR) is 104 cm³/mol. The molecule has 0 radical (unpaired) electrons. The van der Waals surface area contributed by atoms with Crippen molar-refractivity contribution in [1.29, 1.82) is 0 Å². The standard InChI is InChI=1S/C19H24ClN5O/c1-2-21-19-23-11-15(12-24-19)18(26)22-13-17(25-9-3-4-10-25)14-5-7-16(20)8-6-14/h5-8,11-12,17H,2-4,9-10,13H2,1H3,(H,22,26)(H,21,23,24). The van der Waals surface area contributed by atoms with E-state index in [0.717, 1.165) is 30.2 Å². The van der Waals surface area contributed by atoms with Gasteiger partial charge in [-0.1, -0.05) is 23.7 Å². The van der Waals surface area contributed by atoms with E-state index in [-0.39, 0.29) is 11.9 Å². The van der Waals surface area contributed by atoms with E-state index in [1.54, 1.807) is 12.4 Å². The first kappa shape index (κ1) is 18.6. The van der Waals surface area contributed by atoms with Gasteiger partial charge in [-0.05, 0) is 50.6 Å². The second-order valence-corrected chi connectivity index (χ2v) is 6.78. The molecular weight excluding hydrogens is 350 g/mol. The molecule has 1 aliphatic heterocycles. The molecule has 0 aliphatic carbocycles. The number of carbonyl (C=O) groups is 1. The van der Waals surface area contributed by atoms with Gasteiger partial charge in [-0.15, -0.1) is 0 Å². The molecule has 2 heterocycles. The van der Waals surface area contributed by atoms with Gasteiger partial charge >= 0.3 is 0 Å². The molecule has 1 aromatic carbocycles. The highest BCUT2D eigenvalue weighted by Gasteiger charge is 2.24. The molecule has 2 N–H and O–H groups in total. The zero-order valence-electron chi connectivity index (χ0n) is 14.9. The van der Waals surface area contributed by atoms with Gasteiger partial charge in [0.15, 0.2) is 0 Å². The van der Waals surface area contributed by atoms with Gasteiger partial charge in [-0.2, -0.15) is 0 Å². The Labute approximate surface area is 159 Å². The highest BCUT2D eigenvalue weighted by atomic mass is 35.5. The number of benzene rings is 1. The van der Waals surface area contributed by atoms with Crippen molar-refractivity contribution in [3.63, 3.8) is 0 Å². The summed E-state index contributed by atoms with van der Waals surface area (Å²) in [6.45, 7) is 5.34. The zero-order valence-corrected chi connectivity index (χ0v) is 15.7. The fraction of sp³-hybridized carbons (Fsp3) is 0.421. The van der Waals surface area contributed by atoms with Crippen LogP contribution in [0.3, 0.4) is 0 Å². The molecule has 7 heteroatoms. The lowest BCUT2D eigenvalue weighted by Crippen LogP contribution is -2.36. The molecule has 0 bridgehead atoms. The Bertz CT molecular complexity index is 714. The monoisotopic (exact) mass is 373 g/mol. The molecule has 2 aromatic rings. The van der Waals surface area contributed by atoms with Crippen LogP contribution in [0.2, 0.25) is 5.02 Å². The van der Waals surface area contributed by atoms with Crippen LogP contribution in [0, 0.1) is 0 Å². The topological polar surface area (TPSA) is 70.2 Å². The third kappa shape index (κ3) is 4.71. The van der Waals surface area contributed by atoms with Gasteiger partial charge in [0, 0.05) is 30.5 Å². The van der Waals surface area contributed by atoms with Gasteiger partial charge in [-0.3, -0.25) is 9.69 Å². The lowest BCUT2D eigenvalue weighted by Gasteiger charge is -2.28. The number of amides is 1. The largest absolute Gasteiger partial charge is 0.355 e. The normalized spacial score (nSPS) is 15.6. The fourth-order valence-corrected chi connectivity index (χ4v) is 3.31. The second-order valence-electron chi connectivity index (χ2n) is 6.35. The molecule has 6 nitrogen and oxygen atoms in total. The van der Waals surface area contributed by atoms with Crippen LogP contribution in [0.15, 0.2) is 36.7 Å². The fourth-order valence-electron chi connectivity index (χ4n) is 3.18. The Morgan fingerprint density at radius 2 is 1.85 bits per heavy atom. The number of hydrogen-bond donors (Lipinski definition) is 2. The molecule has 3 rings (SSSR count). The number of hydrogen-bond acceptors (Lipinski definition) is 5. The second kappa shape index (κ2) is 8.96. The number of likely N-dealkylation sites (tertiary alicyclic amines) is 1. The summed E-state index contributed by atoms with van der Waals surface area (Å²) in [6, 6.07) is 8.00. The van der Waals surface area contributed by atoms with E-state index in [9.17, 15) is 4.79 Å². The van der Waals surface area contributed by atoms with Crippen molar-refractivity contribution in [3.05, 3.63) is 52.8 Å². The van der Waals surface area contributed by atoms with E-state index in [2.05, 4.69) is 25.5 Å². The number of aromatic nitrogens is 2. The quantitative estimate of drug-likeness (QED) is 0.780. The van der Waals surface area contributed by atoms with E-state index < -0.39 is 0 Å². The van der Waals surface area contributed by atoms with Crippen molar-refractivity contribution in [3.8, 4) is 0 Å². The van der Waals surface area contributed by atoms with Crippen LogP contribution in [0.4, 0.5) is 5.95 Å². The first-order valence-electron chi connectivity index (χ1n) is 9.01. The molecule has 1 aliphatic rings. The van der Waals surface area contributed by atoms with Gasteiger partial charge in [0.1, 0.15) is 0 Å². The minimum Gasteiger partial charge on any atom is -0.355 e. The third-order valence-electron chi connectivity index (χ3n) is 4.54. The predicted octanol–water partition coefficient (Wildman–Crippen LogP) is 3.13. The maximum absolute atomic E-state index is 12.5. The Morgan fingerprint density at radius 1 is 1.19 bits per heavy atom. The summed E-state index contributed by atoms with van der Waals surface area (Å²) < 4.78 is 0. The van der Waals surface area contributed by atoms with Gasteiger partial charge < -0.3 is 10.6 Å². The third-order valence-corrected chi connectivity index (χ3v) is 4.79. The highest BCUT2D eigenvalue weighted by Crippen LogP contribution is 2.25. The molecule has 1 fully saturated rings. The first-order chi connectivity index (χ1) is 12.7. The van der Waals surface area contributed by atoms with Crippen molar-refractivity contribution < 1.29 is 4.79 Å². The maximum Gasteiger partial charge on any atom is 0.254 e. The summed E-state index contributed by atoms with van der Waals surface area (Å²) in [5.41, 5.74) is 1.62. The van der Waals surface area contributed by atoms with Crippen LogP contribution < -0.4 is 10.6 Å². The summed E-state index contributed by atoms with van der Waals surface area (Å²) in [6.07, 6.45) is 5.48. The molecule has 138 valence electrons. The minimum atomic E-state index is -0.161. The number of halogens is 1. The summed E-state index contributed by atoms with van der Waals surface area (Å²) in [4.78, 5) is 23.2. The SMILES string of the molecule is CCNc1ncc(C(=O)NCC(c2ccc(Cl)cc2)N2CCCC2)cn1. The summed E-state index contributed by atoms with van der Waals surface area (Å²) in [7, 11) is 0. The van der Waals surface area contributed by atoms with E-state index in [1.165, 1.54) is 12.8 Å². The van der Waals surface area contributed by atoms with Crippen molar-refractivity contribution in [1.82, 2.24) is 20.2 Å². The Balaban J connectivity index is 1.66. The van der Waals surface area contributed by atoms with E-state index in [4.69, 9.17) is 11.6 Å². The van der Waals surface area contributed by atoms with Crippen LogP contribution in [0.25, 0.3) is 0 Å². The van der Waals surface area contributed by atoms with Crippen LogP contribution in [0.1, 0.15) is 41.7 Å². The van der Waals surface area contributed by atoms with E-state index in [1.807, 2.05) is 31.2 Å². The highest BCUT2D eigenvalue weighted by molar-refractivity contribution is 6.30. The van der Waals surface area contributed by atoms with Crippen LogP contribution in [0.5, 0.6) is 0 Å². The molecule has 0 spiro atoms. The maximum atomic E-state index is 12.5. The number of nitrogens with one attached hydrogen (secondary N) is 2. The Morgan fingerprint density at radius 3 is 2.46 bits per heavy atom. The van der Waals surface area contributed by atoms with Gasteiger partial charge in [0.05, 0.1) is 11.6 Å². The first-order valence-corrected chi connectivity index (χ1v) is 9.39. The summed E-state index contributed by atoms with van der Waals surface area (Å²) in [5, 5.41) is 6.76. The van der Waals surface area contributed by atoms with E-state index in [0.29, 0.717) is 18.1 Å². The average molecular weight is 374 g/mol. The molecule has 1 saturated heterocycles. The van der Waals surface area contributed by atoms with Crippen LogP contribution >= 0.6 is 11.6 Å². The Kier molecular flexibility index (Phi) is 6.41. The lowest BCUT2D eigenvalue weighted by atomic mass is 10.1. The van der Waals surface area contributed by atoms with Gasteiger partial charge in [-0.25, -0.2) is 9.97 Å². The van der Waals surface area contributed by atoms with Crippen molar-refractivity contribution in [2.45, 2.75) is 25.8 Å². The molecule has 26 heavy (non-hydrogen) atoms. The number of carbonyl (C=O) groups excluding carboxylic acids is 1. The molecule has 1 unspecified atom stereocenters. The van der Waals surface area contributed by atoms with Crippen molar-refractivity contribution in [2.24, 2.45) is 0 Å². The van der Waals surface area contributed by atoms with Crippen LogP contribution in [-0.4, -0.2) is 47.0 Å².